The highest BCUT2D eigenvalue weighted by atomic mass is 32.2. The van der Waals surface area contributed by atoms with E-state index in [1.807, 2.05) is 0 Å². The van der Waals surface area contributed by atoms with Gasteiger partial charge in [0.15, 0.2) is 16.7 Å². The Kier molecular flexibility index (Phi) is 5.63. The predicted molar refractivity (Wildman–Crippen MR) is 60.5 cm³/mol. The Morgan fingerprint density at radius 1 is 1.32 bits per heavy atom. The normalized spacial score (nSPS) is 17.6. The SMILES string of the molecule is O=C(CCCN1CCCC1)OCC(F)(F)S(=O)(=O)[O-]. The van der Waals surface area contributed by atoms with Crippen molar-refractivity contribution >= 4 is 16.1 Å². The molecule has 6 nitrogen and oxygen atoms in total. The van der Waals surface area contributed by atoms with Gasteiger partial charge in [-0.05, 0) is 38.9 Å². The van der Waals surface area contributed by atoms with Crippen LogP contribution in [0.5, 0.6) is 0 Å². The van der Waals surface area contributed by atoms with E-state index in [0.717, 1.165) is 25.9 Å². The largest absolute Gasteiger partial charge is 0.743 e. The average Bonchev–Trinajstić information content (AvgIpc) is 2.78. The molecule has 112 valence electrons. The van der Waals surface area contributed by atoms with Crippen molar-refractivity contribution in [2.45, 2.75) is 30.9 Å². The van der Waals surface area contributed by atoms with Gasteiger partial charge in [0.1, 0.15) is 0 Å². The first kappa shape index (κ1) is 16.3. The summed E-state index contributed by atoms with van der Waals surface area (Å²) in [7, 11) is -5.80. The average molecular weight is 300 g/mol. The van der Waals surface area contributed by atoms with Crippen LogP contribution in [-0.4, -0.2) is 55.3 Å². The summed E-state index contributed by atoms with van der Waals surface area (Å²) in [6.45, 7) is 0.871. The van der Waals surface area contributed by atoms with Crippen LogP contribution in [0.15, 0.2) is 0 Å². The summed E-state index contributed by atoms with van der Waals surface area (Å²) in [5.74, 6) is -0.928. The maximum absolute atomic E-state index is 12.7. The number of halogens is 2. The van der Waals surface area contributed by atoms with Crippen molar-refractivity contribution in [2.75, 3.05) is 26.2 Å². The second kappa shape index (κ2) is 6.58. The molecule has 0 radical (unpaired) electrons. The number of likely N-dealkylation sites (tertiary alicyclic amines) is 1. The van der Waals surface area contributed by atoms with Gasteiger partial charge in [-0.2, -0.15) is 8.78 Å². The lowest BCUT2D eigenvalue weighted by atomic mass is 10.3. The third-order valence-electron chi connectivity index (χ3n) is 2.82. The fraction of sp³-hybridized carbons (Fsp3) is 0.900. The quantitative estimate of drug-likeness (QED) is 0.504. The molecule has 9 heteroatoms. The number of nitrogens with zero attached hydrogens (tertiary/aromatic N) is 1. The molecular formula is C10H16F2NO5S-. The molecule has 0 aromatic carbocycles. The standard InChI is InChI=1S/C10H17F2NO5S/c11-10(12,19(15,16)17)8-18-9(14)4-3-7-13-5-1-2-6-13/h1-8H2,(H,15,16,17)/p-1. The molecule has 0 saturated carbocycles. The van der Waals surface area contributed by atoms with E-state index in [1.165, 1.54) is 0 Å². The zero-order valence-electron chi connectivity index (χ0n) is 10.3. The molecule has 0 unspecified atom stereocenters. The maximum Gasteiger partial charge on any atom is 0.367 e. The van der Waals surface area contributed by atoms with E-state index in [0.29, 0.717) is 13.0 Å². The highest BCUT2D eigenvalue weighted by Crippen LogP contribution is 2.20. The maximum atomic E-state index is 12.7. The van der Waals surface area contributed by atoms with Crippen molar-refractivity contribution in [3.63, 3.8) is 0 Å². The van der Waals surface area contributed by atoms with Crippen LogP contribution in [0.4, 0.5) is 8.78 Å². The van der Waals surface area contributed by atoms with E-state index in [4.69, 9.17) is 0 Å². The molecule has 0 amide bonds. The van der Waals surface area contributed by atoms with Crippen molar-refractivity contribution in [3.8, 4) is 0 Å². The van der Waals surface area contributed by atoms with E-state index in [-0.39, 0.29) is 6.42 Å². The predicted octanol–water partition coefficient (Wildman–Crippen LogP) is 0.544. The smallest absolute Gasteiger partial charge is 0.367 e. The number of ether oxygens (including phenoxy) is 1. The minimum absolute atomic E-state index is 0.0779. The Balaban J connectivity index is 2.20. The third-order valence-corrected chi connectivity index (χ3v) is 3.67. The first-order valence-corrected chi connectivity index (χ1v) is 7.34. The molecule has 19 heavy (non-hydrogen) atoms. The van der Waals surface area contributed by atoms with Crippen LogP contribution in [0.25, 0.3) is 0 Å². The Morgan fingerprint density at radius 2 is 1.89 bits per heavy atom. The van der Waals surface area contributed by atoms with Crippen molar-refractivity contribution < 1.29 is 31.3 Å². The molecule has 1 fully saturated rings. The summed E-state index contributed by atoms with van der Waals surface area (Å²) in [5.41, 5.74) is 0. The van der Waals surface area contributed by atoms with Gasteiger partial charge in [-0.15, -0.1) is 0 Å². The van der Waals surface area contributed by atoms with Crippen LogP contribution in [0.1, 0.15) is 25.7 Å². The molecular weight excluding hydrogens is 284 g/mol. The van der Waals surface area contributed by atoms with Gasteiger partial charge in [0.2, 0.25) is 0 Å². The third kappa shape index (κ3) is 5.37. The molecule has 0 bridgehead atoms. The minimum Gasteiger partial charge on any atom is -0.743 e. The highest BCUT2D eigenvalue weighted by Gasteiger charge is 2.39. The van der Waals surface area contributed by atoms with E-state index in [2.05, 4.69) is 9.64 Å². The second-order valence-electron chi connectivity index (χ2n) is 4.40. The molecule has 0 N–H and O–H groups in total. The Labute approximate surface area is 110 Å². The lowest BCUT2D eigenvalue weighted by molar-refractivity contribution is -0.149. The molecule has 1 aliphatic rings. The number of esters is 1. The van der Waals surface area contributed by atoms with Crippen molar-refractivity contribution in [2.24, 2.45) is 0 Å². The summed E-state index contributed by atoms with van der Waals surface area (Å²) in [5, 5.41) is -4.57. The van der Waals surface area contributed by atoms with Crippen molar-refractivity contribution in [1.29, 1.82) is 0 Å². The van der Waals surface area contributed by atoms with Crippen LogP contribution >= 0.6 is 0 Å². The number of carbonyl (C=O) groups is 1. The molecule has 0 spiro atoms. The van der Waals surface area contributed by atoms with Crippen LogP contribution in [0.2, 0.25) is 0 Å². The van der Waals surface area contributed by atoms with Gasteiger partial charge in [-0.1, -0.05) is 0 Å². The number of hydrogen-bond donors (Lipinski definition) is 0. The van der Waals surface area contributed by atoms with E-state index >= 15 is 0 Å². The van der Waals surface area contributed by atoms with Crippen molar-refractivity contribution in [3.05, 3.63) is 0 Å². The Hall–Kier alpha value is -0.800. The molecule has 1 heterocycles. The lowest BCUT2D eigenvalue weighted by Crippen LogP contribution is -2.34. The first-order valence-electron chi connectivity index (χ1n) is 5.93. The summed E-state index contributed by atoms with van der Waals surface area (Å²) in [6.07, 6.45) is 2.59. The summed E-state index contributed by atoms with van der Waals surface area (Å²) in [4.78, 5) is 13.3. The molecule has 0 atom stereocenters. The fourth-order valence-electron chi connectivity index (χ4n) is 1.76. The summed E-state index contributed by atoms with van der Waals surface area (Å²) < 4.78 is 59.9. The van der Waals surface area contributed by atoms with Crippen LogP contribution in [0.3, 0.4) is 0 Å². The zero-order valence-corrected chi connectivity index (χ0v) is 11.1. The monoisotopic (exact) mass is 300 g/mol. The van der Waals surface area contributed by atoms with Gasteiger partial charge in [0.25, 0.3) is 0 Å². The molecule has 0 aliphatic carbocycles. The molecule has 0 aromatic rings. The topological polar surface area (TPSA) is 86.7 Å². The lowest BCUT2D eigenvalue weighted by Gasteiger charge is -2.19. The van der Waals surface area contributed by atoms with Gasteiger partial charge < -0.3 is 14.2 Å². The van der Waals surface area contributed by atoms with Gasteiger partial charge in [0, 0.05) is 6.42 Å². The molecule has 0 aromatic heterocycles. The van der Waals surface area contributed by atoms with Crippen LogP contribution < -0.4 is 0 Å². The number of hydrogen-bond acceptors (Lipinski definition) is 6. The summed E-state index contributed by atoms with van der Waals surface area (Å²) >= 11 is 0. The van der Waals surface area contributed by atoms with Gasteiger partial charge in [-0.25, -0.2) is 8.42 Å². The molecule has 1 saturated heterocycles. The number of rotatable bonds is 7. The molecule has 1 rings (SSSR count). The Morgan fingerprint density at radius 3 is 2.42 bits per heavy atom. The second-order valence-corrected chi connectivity index (χ2v) is 5.91. The van der Waals surface area contributed by atoms with E-state index in [1.54, 1.807) is 0 Å². The van der Waals surface area contributed by atoms with Crippen LogP contribution in [0, 0.1) is 0 Å². The van der Waals surface area contributed by atoms with Gasteiger partial charge >= 0.3 is 11.2 Å². The van der Waals surface area contributed by atoms with E-state index in [9.17, 15) is 26.5 Å². The molecule has 1 aliphatic heterocycles. The first-order chi connectivity index (χ1) is 8.72. The number of alkyl halides is 2. The van der Waals surface area contributed by atoms with Crippen LogP contribution in [-0.2, 0) is 19.6 Å². The minimum atomic E-state index is -5.80. The Bertz CT molecular complexity index is 406. The summed E-state index contributed by atoms with van der Waals surface area (Å²) in [6, 6.07) is 0. The number of carbonyl (C=O) groups excluding carboxylic acids is 1. The highest BCUT2D eigenvalue weighted by molar-refractivity contribution is 7.86. The van der Waals surface area contributed by atoms with Gasteiger partial charge in [0.05, 0.1) is 0 Å². The van der Waals surface area contributed by atoms with Gasteiger partial charge in [-0.3, -0.25) is 4.79 Å². The van der Waals surface area contributed by atoms with E-state index < -0.39 is 27.9 Å². The fourth-order valence-corrected chi connectivity index (χ4v) is 1.97. The zero-order chi connectivity index (χ0) is 14.5. The van der Waals surface area contributed by atoms with Crippen molar-refractivity contribution in [1.82, 2.24) is 4.90 Å².